The van der Waals surface area contributed by atoms with Crippen molar-refractivity contribution in [1.29, 1.82) is 0 Å². The quantitative estimate of drug-likeness (QED) is 0.943. The maximum absolute atomic E-state index is 12.5. The molecule has 1 atom stereocenters. The van der Waals surface area contributed by atoms with E-state index in [2.05, 4.69) is 5.10 Å². The number of halogens is 4. The minimum Gasteiger partial charge on any atom is -0.328 e. The Kier molecular flexibility index (Phi) is 3.82. The lowest BCUT2D eigenvalue weighted by Gasteiger charge is -2.16. The second-order valence-electron chi connectivity index (χ2n) is 3.99. The highest BCUT2D eigenvalue weighted by atomic mass is 35.5. The van der Waals surface area contributed by atoms with E-state index in [9.17, 15) is 13.2 Å². The first-order valence-electron chi connectivity index (χ1n) is 5.49. The van der Waals surface area contributed by atoms with E-state index in [1.54, 1.807) is 24.3 Å². The van der Waals surface area contributed by atoms with E-state index < -0.39 is 17.9 Å². The smallest absolute Gasteiger partial charge is 0.328 e. The third-order valence-corrected chi connectivity index (χ3v) is 2.91. The van der Waals surface area contributed by atoms with Crippen molar-refractivity contribution in [3.05, 3.63) is 52.8 Å². The Bertz CT molecular complexity index is 565. The molecule has 2 N–H and O–H groups in total. The summed E-state index contributed by atoms with van der Waals surface area (Å²) in [6, 6.07) is 7.26. The van der Waals surface area contributed by atoms with E-state index in [1.165, 1.54) is 10.9 Å². The number of alkyl halides is 3. The topological polar surface area (TPSA) is 43.8 Å². The van der Waals surface area contributed by atoms with Gasteiger partial charge in [0.15, 0.2) is 5.69 Å². The van der Waals surface area contributed by atoms with Crippen LogP contribution in [0.25, 0.3) is 0 Å². The van der Waals surface area contributed by atoms with Gasteiger partial charge in [0, 0.05) is 17.8 Å². The number of aromatic nitrogens is 2. The molecule has 0 saturated carbocycles. The van der Waals surface area contributed by atoms with Crippen molar-refractivity contribution < 1.29 is 13.2 Å². The molecule has 0 radical (unpaired) electrons. The average molecular weight is 290 g/mol. The Morgan fingerprint density at radius 3 is 2.58 bits per heavy atom. The molecule has 0 aliphatic heterocycles. The number of hydrogen-bond acceptors (Lipinski definition) is 2. The molecule has 7 heteroatoms. The highest BCUT2D eigenvalue weighted by molar-refractivity contribution is 6.30. The molecule has 2 aromatic rings. The molecule has 0 fully saturated rings. The van der Waals surface area contributed by atoms with E-state index in [-0.39, 0.29) is 6.54 Å². The monoisotopic (exact) mass is 289 g/mol. The summed E-state index contributed by atoms with van der Waals surface area (Å²) in [7, 11) is 0. The van der Waals surface area contributed by atoms with Gasteiger partial charge in [-0.3, -0.25) is 4.68 Å². The first-order valence-corrected chi connectivity index (χ1v) is 5.87. The van der Waals surface area contributed by atoms with Gasteiger partial charge in [-0.25, -0.2) is 0 Å². The Morgan fingerprint density at radius 2 is 2.05 bits per heavy atom. The van der Waals surface area contributed by atoms with Crippen LogP contribution in [0.15, 0.2) is 36.5 Å². The van der Waals surface area contributed by atoms with Crippen LogP contribution in [0.4, 0.5) is 13.2 Å². The van der Waals surface area contributed by atoms with Crippen molar-refractivity contribution in [3.8, 4) is 0 Å². The zero-order chi connectivity index (χ0) is 14.0. The summed E-state index contributed by atoms with van der Waals surface area (Å²) in [6.07, 6.45) is -3.19. The maximum Gasteiger partial charge on any atom is 0.435 e. The van der Waals surface area contributed by atoms with Crippen LogP contribution >= 0.6 is 11.6 Å². The van der Waals surface area contributed by atoms with Gasteiger partial charge < -0.3 is 5.73 Å². The van der Waals surface area contributed by atoms with E-state index in [1.807, 2.05) is 0 Å². The van der Waals surface area contributed by atoms with Crippen LogP contribution in [0.1, 0.15) is 17.3 Å². The highest BCUT2D eigenvalue weighted by Gasteiger charge is 2.34. The van der Waals surface area contributed by atoms with Crippen molar-refractivity contribution in [2.75, 3.05) is 6.54 Å². The van der Waals surface area contributed by atoms with E-state index in [0.29, 0.717) is 10.6 Å². The summed E-state index contributed by atoms with van der Waals surface area (Å²) in [6.45, 7) is 0.124. The molecular weight excluding hydrogens is 279 g/mol. The zero-order valence-corrected chi connectivity index (χ0v) is 10.5. The number of nitrogens with zero attached hydrogens (tertiary/aromatic N) is 2. The molecule has 1 aromatic carbocycles. The second kappa shape index (κ2) is 5.22. The first kappa shape index (κ1) is 13.9. The van der Waals surface area contributed by atoms with Crippen molar-refractivity contribution in [3.63, 3.8) is 0 Å². The normalized spacial score (nSPS) is 13.5. The standard InChI is InChI=1S/C12H11ClF3N3/c13-9-3-1-2-8(6-9)10(7-17)19-5-4-11(18-19)12(14,15)16/h1-6,10H,7,17H2. The van der Waals surface area contributed by atoms with Crippen molar-refractivity contribution in [2.24, 2.45) is 5.73 Å². The number of hydrogen-bond donors (Lipinski definition) is 1. The van der Waals surface area contributed by atoms with Crippen molar-refractivity contribution >= 4 is 11.6 Å². The van der Waals surface area contributed by atoms with E-state index in [4.69, 9.17) is 17.3 Å². The third kappa shape index (κ3) is 3.08. The molecule has 1 unspecified atom stereocenters. The summed E-state index contributed by atoms with van der Waals surface area (Å²) in [5.41, 5.74) is 5.40. The lowest BCUT2D eigenvalue weighted by atomic mass is 10.1. The summed E-state index contributed by atoms with van der Waals surface area (Å²) >= 11 is 5.86. The molecule has 1 heterocycles. The summed E-state index contributed by atoms with van der Waals surface area (Å²) in [5.74, 6) is 0. The van der Waals surface area contributed by atoms with E-state index >= 15 is 0 Å². The molecule has 0 saturated heterocycles. The molecule has 102 valence electrons. The lowest BCUT2D eigenvalue weighted by molar-refractivity contribution is -0.141. The molecule has 0 amide bonds. The number of benzene rings is 1. The largest absolute Gasteiger partial charge is 0.435 e. The molecule has 2 rings (SSSR count). The Hall–Kier alpha value is -1.53. The second-order valence-corrected chi connectivity index (χ2v) is 4.42. The van der Waals surface area contributed by atoms with Gasteiger partial charge in [0.1, 0.15) is 0 Å². The van der Waals surface area contributed by atoms with Crippen LogP contribution in [0.5, 0.6) is 0 Å². The fraction of sp³-hybridized carbons (Fsp3) is 0.250. The average Bonchev–Trinajstić information content (AvgIpc) is 2.79. The molecule has 0 spiro atoms. The Balaban J connectivity index is 2.35. The van der Waals surface area contributed by atoms with Gasteiger partial charge in [0.25, 0.3) is 0 Å². The van der Waals surface area contributed by atoms with Crippen LogP contribution in [-0.4, -0.2) is 16.3 Å². The van der Waals surface area contributed by atoms with Crippen molar-refractivity contribution in [1.82, 2.24) is 9.78 Å². The van der Waals surface area contributed by atoms with Crippen LogP contribution in [0, 0.1) is 0 Å². The minimum absolute atomic E-state index is 0.124. The minimum atomic E-state index is -4.46. The van der Waals surface area contributed by atoms with Gasteiger partial charge in [-0.1, -0.05) is 23.7 Å². The highest BCUT2D eigenvalue weighted by Crippen LogP contribution is 2.29. The van der Waals surface area contributed by atoms with Crippen molar-refractivity contribution in [2.45, 2.75) is 12.2 Å². The molecule has 3 nitrogen and oxygen atoms in total. The lowest BCUT2D eigenvalue weighted by Crippen LogP contribution is -2.21. The summed E-state index contributed by atoms with van der Waals surface area (Å²) in [5, 5.41) is 4.03. The Morgan fingerprint density at radius 1 is 1.32 bits per heavy atom. The molecule has 0 aliphatic carbocycles. The molecule has 0 bridgehead atoms. The first-order chi connectivity index (χ1) is 8.91. The fourth-order valence-corrected chi connectivity index (χ4v) is 1.97. The Labute approximate surface area is 112 Å². The number of nitrogens with two attached hydrogens (primary N) is 1. The summed E-state index contributed by atoms with van der Waals surface area (Å²) in [4.78, 5) is 0. The van der Waals surface area contributed by atoms with Gasteiger partial charge in [0.05, 0.1) is 6.04 Å². The van der Waals surface area contributed by atoms with E-state index in [0.717, 1.165) is 6.07 Å². The molecule has 1 aromatic heterocycles. The number of rotatable bonds is 3. The molecular formula is C12H11ClF3N3. The SMILES string of the molecule is NCC(c1cccc(Cl)c1)n1ccc(C(F)(F)F)n1. The predicted molar refractivity (Wildman–Crippen MR) is 65.9 cm³/mol. The molecule has 19 heavy (non-hydrogen) atoms. The van der Waals surface area contributed by atoms with Crippen LogP contribution in [0.2, 0.25) is 5.02 Å². The predicted octanol–water partition coefficient (Wildman–Crippen LogP) is 3.10. The zero-order valence-electron chi connectivity index (χ0n) is 9.73. The van der Waals surface area contributed by atoms with Crippen LogP contribution in [0.3, 0.4) is 0 Å². The van der Waals surface area contributed by atoms with Gasteiger partial charge in [-0.2, -0.15) is 18.3 Å². The fourth-order valence-electron chi connectivity index (χ4n) is 1.77. The van der Waals surface area contributed by atoms with Gasteiger partial charge in [-0.05, 0) is 23.8 Å². The maximum atomic E-state index is 12.5. The van der Waals surface area contributed by atoms with Crippen LogP contribution < -0.4 is 5.73 Å². The summed E-state index contributed by atoms with van der Waals surface area (Å²) < 4.78 is 38.7. The van der Waals surface area contributed by atoms with Gasteiger partial charge in [-0.15, -0.1) is 0 Å². The van der Waals surface area contributed by atoms with Gasteiger partial charge in [0.2, 0.25) is 0 Å². The van der Waals surface area contributed by atoms with Gasteiger partial charge >= 0.3 is 6.18 Å². The third-order valence-electron chi connectivity index (χ3n) is 2.67. The molecule has 0 aliphatic rings. The van der Waals surface area contributed by atoms with Crippen LogP contribution in [-0.2, 0) is 6.18 Å².